The summed E-state index contributed by atoms with van der Waals surface area (Å²) in [6, 6.07) is 0. The van der Waals surface area contributed by atoms with E-state index < -0.39 is 0 Å². The van der Waals surface area contributed by atoms with E-state index in [0.717, 1.165) is 24.6 Å². The summed E-state index contributed by atoms with van der Waals surface area (Å²) in [4.78, 5) is 1.88. The highest BCUT2D eigenvalue weighted by Crippen LogP contribution is 2.13. The third-order valence-corrected chi connectivity index (χ3v) is 1.72. The molecular weight excluding hydrogens is 154 g/mol. The predicted octanol–water partition coefficient (Wildman–Crippen LogP) is 0.00120. The lowest BCUT2D eigenvalue weighted by Crippen LogP contribution is -2.16. The SMILES string of the molecule is CN(C)c1nnc2n1N=[C]CC2. The molecule has 0 fully saturated rings. The Labute approximate surface area is 70.7 Å². The normalized spacial score (nSPS) is 14.5. The molecule has 1 aromatic rings. The Morgan fingerprint density at radius 3 is 3.00 bits per heavy atom. The summed E-state index contributed by atoms with van der Waals surface area (Å²) in [5, 5.41) is 12.1. The molecule has 1 aliphatic heterocycles. The molecule has 5 nitrogen and oxygen atoms in total. The molecule has 0 bridgehead atoms. The minimum Gasteiger partial charge on any atom is -0.346 e. The van der Waals surface area contributed by atoms with Crippen LogP contribution in [0.15, 0.2) is 5.10 Å². The largest absolute Gasteiger partial charge is 0.346 e. The molecule has 1 radical (unpaired) electrons. The monoisotopic (exact) mass is 164 g/mol. The van der Waals surface area contributed by atoms with Crippen molar-refractivity contribution in [1.82, 2.24) is 14.9 Å². The van der Waals surface area contributed by atoms with Gasteiger partial charge in [0.05, 0.1) is 6.21 Å². The van der Waals surface area contributed by atoms with E-state index in [0.29, 0.717) is 0 Å². The Balaban J connectivity index is 2.47. The molecule has 0 aliphatic carbocycles. The maximum atomic E-state index is 4.07. The van der Waals surface area contributed by atoms with Crippen LogP contribution in [0.25, 0.3) is 0 Å². The van der Waals surface area contributed by atoms with Gasteiger partial charge in [-0.15, -0.1) is 10.2 Å². The van der Waals surface area contributed by atoms with Crippen molar-refractivity contribution in [2.45, 2.75) is 12.8 Å². The van der Waals surface area contributed by atoms with Crippen LogP contribution < -0.4 is 4.90 Å². The Bertz CT molecular complexity index is 312. The fourth-order valence-corrected chi connectivity index (χ4v) is 1.13. The zero-order chi connectivity index (χ0) is 8.55. The van der Waals surface area contributed by atoms with Gasteiger partial charge in [-0.05, 0) is 0 Å². The molecule has 2 heterocycles. The summed E-state index contributed by atoms with van der Waals surface area (Å²) in [6.07, 6.45) is 4.62. The topological polar surface area (TPSA) is 46.3 Å². The lowest BCUT2D eigenvalue weighted by Gasteiger charge is -2.11. The van der Waals surface area contributed by atoms with Crippen LogP contribution in [0.5, 0.6) is 0 Å². The van der Waals surface area contributed by atoms with Gasteiger partial charge in [0.2, 0.25) is 5.95 Å². The second-order valence-electron chi connectivity index (χ2n) is 2.88. The molecule has 5 heteroatoms. The number of hydrogen-bond acceptors (Lipinski definition) is 4. The number of fused-ring (bicyclic) bond motifs is 1. The van der Waals surface area contributed by atoms with Crippen molar-refractivity contribution in [3.8, 4) is 0 Å². The smallest absolute Gasteiger partial charge is 0.247 e. The fraction of sp³-hybridized carbons (Fsp3) is 0.571. The van der Waals surface area contributed by atoms with E-state index >= 15 is 0 Å². The summed E-state index contributed by atoms with van der Waals surface area (Å²) >= 11 is 0. The van der Waals surface area contributed by atoms with Crippen LogP contribution in [-0.4, -0.2) is 35.2 Å². The van der Waals surface area contributed by atoms with Crippen LogP contribution in [0.1, 0.15) is 12.2 Å². The van der Waals surface area contributed by atoms with E-state index in [1.54, 1.807) is 4.68 Å². The summed E-state index contributed by atoms with van der Waals surface area (Å²) < 4.78 is 1.73. The first kappa shape index (κ1) is 7.27. The summed E-state index contributed by atoms with van der Waals surface area (Å²) in [5.74, 6) is 1.68. The first-order chi connectivity index (χ1) is 5.79. The molecule has 0 saturated heterocycles. The second kappa shape index (κ2) is 2.58. The van der Waals surface area contributed by atoms with Crippen LogP contribution in [0, 0.1) is 0 Å². The minimum absolute atomic E-state index is 0.761. The van der Waals surface area contributed by atoms with Gasteiger partial charge < -0.3 is 4.90 Å². The minimum atomic E-state index is 0.761. The number of hydrogen-bond donors (Lipinski definition) is 0. The van der Waals surface area contributed by atoms with Crippen molar-refractivity contribution in [2.24, 2.45) is 5.10 Å². The molecule has 0 aromatic carbocycles. The van der Waals surface area contributed by atoms with Crippen LogP contribution in [-0.2, 0) is 6.42 Å². The zero-order valence-corrected chi connectivity index (χ0v) is 7.15. The molecule has 0 unspecified atom stereocenters. The number of nitrogens with zero attached hydrogens (tertiary/aromatic N) is 5. The van der Waals surface area contributed by atoms with E-state index in [2.05, 4.69) is 21.5 Å². The molecule has 0 saturated carbocycles. The highest BCUT2D eigenvalue weighted by molar-refractivity contribution is 5.59. The van der Waals surface area contributed by atoms with Gasteiger partial charge in [-0.25, -0.2) is 0 Å². The van der Waals surface area contributed by atoms with Crippen molar-refractivity contribution in [1.29, 1.82) is 0 Å². The van der Waals surface area contributed by atoms with Gasteiger partial charge in [-0.2, -0.15) is 9.78 Å². The van der Waals surface area contributed by atoms with Gasteiger partial charge >= 0.3 is 0 Å². The molecule has 0 atom stereocenters. The third kappa shape index (κ3) is 0.975. The van der Waals surface area contributed by atoms with Crippen molar-refractivity contribution in [2.75, 3.05) is 19.0 Å². The van der Waals surface area contributed by atoms with Gasteiger partial charge in [-0.3, -0.25) is 0 Å². The van der Waals surface area contributed by atoms with Gasteiger partial charge in [0.1, 0.15) is 0 Å². The first-order valence-electron chi connectivity index (χ1n) is 3.84. The average molecular weight is 164 g/mol. The third-order valence-electron chi connectivity index (χ3n) is 1.72. The van der Waals surface area contributed by atoms with E-state index in [4.69, 9.17) is 0 Å². The van der Waals surface area contributed by atoms with Crippen LogP contribution >= 0.6 is 0 Å². The summed E-state index contributed by atoms with van der Waals surface area (Å²) in [6.45, 7) is 0. The number of rotatable bonds is 1. The van der Waals surface area contributed by atoms with Gasteiger partial charge in [0, 0.05) is 26.9 Å². The van der Waals surface area contributed by atoms with Crippen LogP contribution in [0.2, 0.25) is 0 Å². The van der Waals surface area contributed by atoms with Crippen LogP contribution in [0.3, 0.4) is 0 Å². The van der Waals surface area contributed by atoms with Crippen molar-refractivity contribution >= 4 is 12.2 Å². The highest BCUT2D eigenvalue weighted by atomic mass is 15.5. The molecular formula is C7H10N5. The van der Waals surface area contributed by atoms with E-state index in [-0.39, 0.29) is 0 Å². The maximum absolute atomic E-state index is 4.07. The second-order valence-corrected chi connectivity index (χ2v) is 2.88. The molecule has 0 spiro atoms. The van der Waals surface area contributed by atoms with E-state index in [1.807, 2.05) is 19.0 Å². The average Bonchev–Trinajstić information content (AvgIpc) is 2.47. The number of aryl methyl sites for hydroxylation is 1. The molecule has 12 heavy (non-hydrogen) atoms. The quantitative estimate of drug-likeness (QED) is 0.587. The van der Waals surface area contributed by atoms with Gasteiger partial charge in [0.25, 0.3) is 0 Å². The van der Waals surface area contributed by atoms with Gasteiger partial charge in [-0.1, -0.05) is 0 Å². The molecule has 63 valence electrons. The van der Waals surface area contributed by atoms with Crippen molar-refractivity contribution in [3.05, 3.63) is 5.82 Å². The molecule has 1 aromatic heterocycles. The fourth-order valence-electron chi connectivity index (χ4n) is 1.13. The summed E-state index contributed by atoms with van der Waals surface area (Å²) in [5.41, 5.74) is 0. The summed E-state index contributed by atoms with van der Waals surface area (Å²) in [7, 11) is 3.84. The first-order valence-corrected chi connectivity index (χ1v) is 3.84. The number of aromatic nitrogens is 3. The Morgan fingerprint density at radius 1 is 1.42 bits per heavy atom. The highest BCUT2D eigenvalue weighted by Gasteiger charge is 2.14. The maximum Gasteiger partial charge on any atom is 0.247 e. The van der Waals surface area contributed by atoms with Crippen molar-refractivity contribution < 1.29 is 0 Å². The molecule has 2 rings (SSSR count). The molecule has 0 N–H and O–H groups in total. The predicted molar refractivity (Wildman–Crippen MR) is 45.5 cm³/mol. The Morgan fingerprint density at radius 2 is 2.25 bits per heavy atom. The lowest BCUT2D eigenvalue weighted by atomic mass is 10.3. The zero-order valence-electron chi connectivity index (χ0n) is 7.15. The van der Waals surface area contributed by atoms with Gasteiger partial charge in [0.15, 0.2) is 5.82 Å². The Hall–Kier alpha value is -1.39. The lowest BCUT2D eigenvalue weighted by molar-refractivity contribution is 0.734. The van der Waals surface area contributed by atoms with Crippen LogP contribution in [0.4, 0.5) is 5.95 Å². The Kier molecular flexibility index (Phi) is 1.56. The molecule has 1 aliphatic rings. The standard InChI is InChI=1S/C7H10N5/c1-11(2)7-10-9-6-4-3-5-8-12(6)7/h3-4H2,1-2H3. The van der Waals surface area contributed by atoms with Crippen molar-refractivity contribution in [3.63, 3.8) is 0 Å². The van der Waals surface area contributed by atoms with E-state index in [1.165, 1.54) is 0 Å². The van der Waals surface area contributed by atoms with E-state index in [9.17, 15) is 0 Å². The number of anilines is 1. The molecule has 0 amide bonds.